The van der Waals surface area contributed by atoms with Crippen LogP contribution < -0.4 is 5.73 Å². The van der Waals surface area contributed by atoms with E-state index < -0.39 is 5.97 Å². The first-order valence-electron chi connectivity index (χ1n) is 6.22. The third-order valence-electron chi connectivity index (χ3n) is 2.94. The minimum absolute atomic E-state index is 0.0139. The van der Waals surface area contributed by atoms with Crippen molar-refractivity contribution in [2.45, 2.75) is 26.8 Å². The van der Waals surface area contributed by atoms with Gasteiger partial charge in [0.05, 0.1) is 12.2 Å². The number of carbonyl (C=O) groups is 1. The van der Waals surface area contributed by atoms with Crippen LogP contribution in [0.5, 0.6) is 0 Å². The fourth-order valence-electron chi connectivity index (χ4n) is 1.84. The fourth-order valence-corrected chi connectivity index (χ4v) is 1.84. The van der Waals surface area contributed by atoms with Crippen LogP contribution in [-0.2, 0) is 13.0 Å². The lowest BCUT2D eigenvalue weighted by Gasteiger charge is -2.18. The zero-order chi connectivity index (χ0) is 13.5. The summed E-state index contributed by atoms with van der Waals surface area (Å²) in [6.07, 6.45) is 0.479. The van der Waals surface area contributed by atoms with Gasteiger partial charge in [-0.2, -0.15) is 0 Å². The van der Waals surface area contributed by atoms with Crippen molar-refractivity contribution >= 4 is 5.97 Å². The molecule has 0 unspecified atom stereocenters. The van der Waals surface area contributed by atoms with Gasteiger partial charge in [0.2, 0.25) is 0 Å². The lowest BCUT2D eigenvalue weighted by molar-refractivity contribution is 0.0689. The van der Waals surface area contributed by atoms with E-state index in [1.807, 2.05) is 0 Å². The molecule has 0 amide bonds. The van der Waals surface area contributed by atoms with Crippen LogP contribution in [0.1, 0.15) is 30.0 Å². The summed E-state index contributed by atoms with van der Waals surface area (Å²) < 4.78 is 1.65. The molecule has 0 aliphatic carbocycles. The topological polar surface area (TPSA) is 97.3 Å². The minimum Gasteiger partial charge on any atom is -0.476 e. The first-order valence-corrected chi connectivity index (χ1v) is 6.22. The van der Waals surface area contributed by atoms with Crippen molar-refractivity contribution in [1.29, 1.82) is 0 Å². The Morgan fingerprint density at radius 2 is 2.11 bits per heavy atom. The minimum atomic E-state index is -1.05. The number of hydrogen-bond acceptors (Lipinski definition) is 5. The molecule has 7 nitrogen and oxygen atoms in total. The second-order valence-corrected chi connectivity index (χ2v) is 3.98. The first-order chi connectivity index (χ1) is 8.63. The molecule has 18 heavy (non-hydrogen) atoms. The average molecular weight is 255 g/mol. The van der Waals surface area contributed by atoms with Crippen LogP contribution in [0.2, 0.25) is 0 Å². The van der Waals surface area contributed by atoms with Crippen LogP contribution in [0.4, 0.5) is 0 Å². The lowest BCUT2D eigenvalue weighted by atomic mass is 10.2. The molecule has 0 bridgehead atoms. The standard InChI is InChI=1S/C11H21N5O2/c1-3-15(4-2)7-8-16-9(5-6-12)10(11(17)18)13-14-16/h3-8,12H2,1-2H3,(H,17,18). The highest BCUT2D eigenvalue weighted by atomic mass is 16.4. The normalized spacial score (nSPS) is 11.1. The van der Waals surface area contributed by atoms with Crippen LogP contribution in [0.3, 0.4) is 0 Å². The number of nitrogens with two attached hydrogens (primary N) is 1. The molecular weight excluding hydrogens is 234 g/mol. The van der Waals surface area contributed by atoms with E-state index in [9.17, 15) is 4.79 Å². The second kappa shape index (κ2) is 7.07. The van der Waals surface area contributed by atoms with Crippen molar-refractivity contribution in [3.05, 3.63) is 11.4 Å². The van der Waals surface area contributed by atoms with E-state index in [0.717, 1.165) is 19.6 Å². The average Bonchev–Trinajstić information content (AvgIpc) is 2.74. The Balaban J connectivity index is 2.78. The zero-order valence-corrected chi connectivity index (χ0v) is 11.0. The molecule has 102 valence electrons. The third-order valence-corrected chi connectivity index (χ3v) is 2.94. The van der Waals surface area contributed by atoms with Crippen LogP contribution in [0.15, 0.2) is 0 Å². The molecule has 0 aliphatic rings. The molecule has 1 aromatic rings. The van der Waals surface area contributed by atoms with E-state index >= 15 is 0 Å². The number of likely N-dealkylation sites (N-methyl/N-ethyl adjacent to an activating group) is 1. The predicted molar refractivity (Wildman–Crippen MR) is 67.5 cm³/mol. The van der Waals surface area contributed by atoms with Crippen molar-refractivity contribution in [2.24, 2.45) is 5.73 Å². The van der Waals surface area contributed by atoms with Crippen molar-refractivity contribution in [2.75, 3.05) is 26.2 Å². The Hall–Kier alpha value is -1.47. The molecule has 1 rings (SSSR count). The maximum absolute atomic E-state index is 11.0. The van der Waals surface area contributed by atoms with Crippen LogP contribution >= 0.6 is 0 Å². The summed E-state index contributed by atoms with van der Waals surface area (Å²) >= 11 is 0. The van der Waals surface area contributed by atoms with E-state index in [0.29, 0.717) is 25.2 Å². The molecule has 0 aliphatic heterocycles. The number of aromatic carboxylic acids is 1. The highest BCUT2D eigenvalue weighted by molar-refractivity contribution is 5.86. The highest BCUT2D eigenvalue weighted by Crippen LogP contribution is 2.06. The third kappa shape index (κ3) is 3.51. The summed E-state index contributed by atoms with van der Waals surface area (Å²) in [5, 5.41) is 16.6. The maximum atomic E-state index is 11.0. The quantitative estimate of drug-likeness (QED) is 0.668. The van der Waals surface area contributed by atoms with E-state index in [2.05, 4.69) is 29.1 Å². The predicted octanol–water partition coefficient (Wildman–Crippen LogP) is -0.181. The van der Waals surface area contributed by atoms with Crippen molar-refractivity contribution < 1.29 is 9.90 Å². The number of carboxylic acids is 1. The van der Waals surface area contributed by atoms with Gasteiger partial charge in [-0.15, -0.1) is 5.10 Å². The Bertz CT molecular complexity index is 387. The van der Waals surface area contributed by atoms with E-state index in [4.69, 9.17) is 10.8 Å². The zero-order valence-electron chi connectivity index (χ0n) is 11.0. The SMILES string of the molecule is CCN(CC)CCn1nnc(C(=O)O)c1CCN. The largest absolute Gasteiger partial charge is 0.476 e. The summed E-state index contributed by atoms with van der Waals surface area (Å²) in [7, 11) is 0. The maximum Gasteiger partial charge on any atom is 0.358 e. The molecule has 0 spiro atoms. The van der Waals surface area contributed by atoms with Gasteiger partial charge in [-0.1, -0.05) is 19.1 Å². The molecule has 7 heteroatoms. The van der Waals surface area contributed by atoms with Gasteiger partial charge in [-0.25, -0.2) is 9.48 Å². The van der Waals surface area contributed by atoms with Gasteiger partial charge >= 0.3 is 5.97 Å². The van der Waals surface area contributed by atoms with E-state index in [-0.39, 0.29) is 5.69 Å². The summed E-state index contributed by atoms with van der Waals surface area (Å²) in [4.78, 5) is 13.2. The molecule has 1 heterocycles. The number of rotatable bonds is 8. The van der Waals surface area contributed by atoms with Crippen LogP contribution in [0, 0.1) is 0 Å². The molecule has 3 N–H and O–H groups in total. The van der Waals surface area contributed by atoms with Crippen molar-refractivity contribution in [3.63, 3.8) is 0 Å². The number of nitrogens with zero attached hydrogens (tertiary/aromatic N) is 4. The molecule has 0 saturated carbocycles. The number of aromatic nitrogens is 3. The molecule has 1 aromatic heterocycles. The molecule has 0 saturated heterocycles. The molecule has 0 aromatic carbocycles. The first kappa shape index (κ1) is 14.6. The summed E-state index contributed by atoms with van der Waals surface area (Å²) in [6.45, 7) is 7.96. The van der Waals surface area contributed by atoms with E-state index in [1.165, 1.54) is 0 Å². The van der Waals surface area contributed by atoms with Crippen LogP contribution in [-0.4, -0.2) is 57.1 Å². The lowest BCUT2D eigenvalue weighted by Crippen LogP contribution is -2.28. The number of carboxylic acid groups (broad SMARTS) is 1. The van der Waals surface area contributed by atoms with Gasteiger partial charge in [0.1, 0.15) is 0 Å². The Morgan fingerprint density at radius 1 is 1.44 bits per heavy atom. The summed E-state index contributed by atoms with van der Waals surface area (Å²) in [5.74, 6) is -1.05. The Morgan fingerprint density at radius 3 is 2.61 bits per heavy atom. The van der Waals surface area contributed by atoms with Crippen LogP contribution in [0.25, 0.3) is 0 Å². The van der Waals surface area contributed by atoms with Crippen molar-refractivity contribution in [3.8, 4) is 0 Å². The molecule has 0 fully saturated rings. The monoisotopic (exact) mass is 255 g/mol. The van der Waals surface area contributed by atoms with Gasteiger partial charge in [-0.05, 0) is 19.6 Å². The van der Waals surface area contributed by atoms with Gasteiger partial charge in [-0.3, -0.25) is 0 Å². The van der Waals surface area contributed by atoms with Gasteiger partial charge in [0, 0.05) is 13.0 Å². The van der Waals surface area contributed by atoms with Gasteiger partial charge in [0.15, 0.2) is 5.69 Å². The highest BCUT2D eigenvalue weighted by Gasteiger charge is 2.18. The summed E-state index contributed by atoms with van der Waals surface area (Å²) in [5.41, 5.74) is 6.12. The number of hydrogen-bond donors (Lipinski definition) is 2. The molecule has 0 atom stereocenters. The molecular formula is C11H21N5O2. The molecule has 0 radical (unpaired) electrons. The smallest absolute Gasteiger partial charge is 0.358 e. The van der Waals surface area contributed by atoms with Gasteiger partial charge < -0.3 is 15.7 Å². The second-order valence-electron chi connectivity index (χ2n) is 3.98. The van der Waals surface area contributed by atoms with E-state index in [1.54, 1.807) is 4.68 Å². The summed E-state index contributed by atoms with van der Waals surface area (Å²) in [6, 6.07) is 0. The Kier molecular flexibility index (Phi) is 5.73. The fraction of sp³-hybridized carbons (Fsp3) is 0.727. The van der Waals surface area contributed by atoms with Gasteiger partial charge in [0.25, 0.3) is 0 Å². The Labute approximate surface area is 107 Å². The van der Waals surface area contributed by atoms with Crippen molar-refractivity contribution in [1.82, 2.24) is 19.9 Å².